The molecule has 2 heterocycles. The fourth-order valence-electron chi connectivity index (χ4n) is 3.79. The Morgan fingerprint density at radius 1 is 1.21 bits per heavy atom. The molecule has 1 unspecified atom stereocenters. The number of methoxy groups -OCH3 is 1. The summed E-state index contributed by atoms with van der Waals surface area (Å²) in [6.45, 7) is 8.50. The van der Waals surface area contributed by atoms with Crippen LogP contribution in [0.25, 0.3) is 17.0 Å². The maximum absolute atomic E-state index is 12.8. The minimum atomic E-state index is -0.465. The van der Waals surface area contributed by atoms with Gasteiger partial charge in [0.05, 0.1) is 25.3 Å². The molecule has 3 aromatic rings. The molecule has 8 heteroatoms. The first-order valence-electron chi connectivity index (χ1n) is 10.7. The van der Waals surface area contributed by atoms with Gasteiger partial charge in [0, 0.05) is 17.8 Å². The summed E-state index contributed by atoms with van der Waals surface area (Å²) < 4.78 is 16.5. The van der Waals surface area contributed by atoms with Crippen LogP contribution in [-0.4, -0.2) is 41.3 Å². The number of carbonyl (C=O) groups is 1. The molecule has 0 radical (unpaired) electrons. The number of urea groups is 1. The molecule has 0 fully saturated rings. The van der Waals surface area contributed by atoms with E-state index in [1.165, 1.54) is 0 Å². The van der Waals surface area contributed by atoms with Crippen molar-refractivity contribution in [3.05, 3.63) is 78.3 Å². The Morgan fingerprint density at radius 2 is 2.00 bits per heavy atom. The number of hydrogen-bond donors (Lipinski definition) is 1. The van der Waals surface area contributed by atoms with Crippen LogP contribution in [0.5, 0.6) is 11.5 Å². The van der Waals surface area contributed by atoms with Crippen molar-refractivity contribution in [2.45, 2.75) is 19.9 Å². The first-order chi connectivity index (χ1) is 16.0. The van der Waals surface area contributed by atoms with Crippen molar-refractivity contribution < 1.29 is 18.8 Å². The van der Waals surface area contributed by atoms with Gasteiger partial charge in [-0.05, 0) is 43.7 Å². The molecule has 1 aliphatic heterocycles. The molecule has 0 spiro atoms. The predicted octanol–water partition coefficient (Wildman–Crippen LogP) is 4.83. The standard InChI is InChI=1S/C25H26N4O4/c1-5-14-29-16(3)21(22(26-25(29)30)17-10-12-19(13-11-17)32-6-2)24-27-23(28-33-24)18-8-7-9-20(15-18)31-4/h5,7-13,15,22H,1,6,14H2,2-4H3,(H,26,30). The quantitative estimate of drug-likeness (QED) is 0.499. The Morgan fingerprint density at radius 3 is 2.70 bits per heavy atom. The molecule has 4 rings (SSSR count). The van der Waals surface area contributed by atoms with Crippen LogP contribution < -0.4 is 14.8 Å². The Labute approximate surface area is 192 Å². The normalized spacial score (nSPS) is 15.9. The summed E-state index contributed by atoms with van der Waals surface area (Å²) in [5, 5.41) is 7.24. The van der Waals surface area contributed by atoms with Gasteiger partial charge in [-0.1, -0.05) is 35.5 Å². The SMILES string of the molecule is C=CCN1C(=O)NC(c2ccc(OCC)cc2)C(c2nc(-c3cccc(OC)c3)no2)=C1C. The van der Waals surface area contributed by atoms with Crippen molar-refractivity contribution >= 4 is 11.6 Å². The summed E-state index contributed by atoms with van der Waals surface area (Å²) in [5.74, 6) is 2.22. The van der Waals surface area contributed by atoms with Crippen LogP contribution >= 0.6 is 0 Å². The van der Waals surface area contributed by atoms with Gasteiger partial charge in [0.15, 0.2) is 0 Å². The topological polar surface area (TPSA) is 89.7 Å². The monoisotopic (exact) mass is 446 g/mol. The molecule has 0 bridgehead atoms. The fraction of sp³-hybridized carbons (Fsp3) is 0.240. The lowest BCUT2D eigenvalue weighted by Crippen LogP contribution is -2.46. The second kappa shape index (κ2) is 9.60. The summed E-state index contributed by atoms with van der Waals surface area (Å²) in [4.78, 5) is 19.1. The van der Waals surface area contributed by atoms with Gasteiger partial charge in [-0.15, -0.1) is 6.58 Å². The number of nitrogens with zero attached hydrogens (tertiary/aromatic N) is 3. The molecule has 1 aromatic heterocycles. The Hall–Kier alpha value is -4.07. The van der Waals surface area contributed by atoms with Crippen LogP contribution in [0.15, 0.2) is 71.4 Å². The van der Waals surface area contributed by atoms with Crippen LogP contribution in [0.4, 0.5) is 4.79 Å². The van der Waals surface area contributed by atoms with Crippen LogP contribution in [0.1, 0.15) is 31.3 Å². The lowest BCUT2D eigenvalue weighted by atomic mass is 9.94. The van der Waals surface area contributed by atoms with E-state index < -0.39 is 6.04 Å². The van der Waals surface area contributed by atoms with Gasteiger partial charge in [-0.3, -0.25) is 4.90 Å². The van der Waals surface area contributed by atoms with E-state index >= 15 is 0 Å². The zero-order valence-corrected chi connectivity index (χ0v) is 18.9. The number of nitrogens with one attached hydrogen (secondary N) is 1. The summed E-state index contributed by atoms with van der Waals surface area (Å²) in [5.41, 5.74) is 3.09. The molecule has 1 N–H and O–H groups in total. The number of allylic oxidation sites excluding steroid dienone is 1. The van der Waals surface area contributed by atoms with Gasteiger partial charge in [0.25, 0.3) is 5.89 Å². The lowest BCUT2D eigenvalue weighted by Gasteiger charge is -2.34. The third kappa shape index (κ3) is 4.45. The molecular weight excluding hydrogens is 420 g/mol. The Balaban J connectivity index is 1.77. The number of benzene rings is 2. The average molecular weight is 447 g/mol. The Kier molecular flexibility index (Phi) is 6.44. The van der Waals surface area contributed by atoms with Crippen molar-refractivity contribution in [3.8, 4) is 22.9 Å². The molecule has 2 aromatic carbocycles. The van der Waals surface area contributed by atoms with Crippen LogP contribution in [0.2, 0.25) is 0 Å². The van der Waals surface area contributed by atoms with Crippen LogP contribution in [0, 0.1) is 0 Å². The van der Waals surface area contributed by atoms with Crippen molar-refractivity contribution in [1.82, 2.24) is 20.4 Å². The van der Waals surface area contributed by atoms with Crippen molar-refractivity contribution in [2.24, 2.45) is 0 Å². The van der Waals surface area contributed by atoms with E-state index in [9.17, 15) is 4.79 Å². The number of aromatic nitrogens is 2. The maximum Gasteiger partial charge on any atom is 0.322 e. The third-order valence-electron chi connectivity index (χ3n) is 5.42. The van der Waals surface area contributed by atoms with Gasteiger partial charge in [0.2, 0.25) is 5.82 Å². The number of hydrogen-bond acceptors (Lipinski definition) is 6. The number of amides is 2. The Bertz CT molecular complexity index is 1180. The minimum absolute atomic E-state index is 0.220. The highest BCUT2D eigenvalue weighted by atomic mass is 16.5. The van der Waals surface area contributed by atoms with E-state index in [2.05, 4.69) is 22.0 Å². The first-order valence-corrected chi connectivity index (χ1v) is 10.7. The number of rotatable bonds is 8. The zero-order valence-electron chi connectivity index (χ0n) is 18.9. The van der Waals surface area contributed by atoms with Crippen molar-refractivity contribution in [1.29, 1.82) is 0 Å². The molecule has 0 saturated carbocycles. The molecule has 8 nitrogen and oxygen atoms in total. The second-order valence-corrected chi connectivity index (χ2v) is 7.44. The van der Waals surface area contributed by atoms with E-state index in [-0.39, 0.29) is 6.03 Å². The molecule has 1 aliphatic rings. The van der Waals surface area contributed by atoms with Gasteiger partial charge >= 0.3 is 6.03 Å². The maximum atomic E-state index is 12.8. The minimum Gasteiger partial charge on any atom is -0.497 e. The average Bonchev–Trinajstić information content (AvgIpc) is 3.32. The summed E-state index contributed by atoms with van der Waals surface area (Å²) in [7, 11) is 1.61. The molecule has 0 aliphatic carbocycles. The number of carbonyl (C=O) groups excluding carboxylic acids is 1. The van der Waals surface area contributed by atoms with Crippen molar-refractivity contribution in [3.63, 3.8) is 0 Å². The summed E-state index contributed by atoms with van der Waals surface area (Å²) in [6, 6.07) is 14.4. The molecular formula is C25H26N4O4. The predicted molar refractivity (Wildman–Crippen MR) is 125 cm³/mol. The zero-order chi connectivity index (χ0) is 23.4. The fourth-order valence-corrected chi connectivity index (χ4v) is 3.79. The third-order valence-corrected chi connectivity index (χ3v) is 5.42. The van der Waals surface area contributed by atoms with Gasteiger partial charge in [-0.2, -0.15) is 4.98 Å². The molecule has 33 heavy (non-hydrogen) atoms. The van der Waals surface area contributed by atoms with Gasteiger partial charge in [0.1, 0.15) is 11.5 Å². The van der Waals surface area contributed by atoms with E-state index in [0.29, 0.717) is 30.6 Å². The highest BCUT2D eigenvalue weighted by molar-refractivity contribution is 5.87. The lowest BCUT2D eigenvalue weighted by molar-refractivity contribution is 0.209. The molecule has 1 atom stereocenters. The summed E-state index contributed by atoms with van der Waals surface area (Å²) in [6.07, 6.45) is 1.67. The molecule has 170 valence electrons. The first kappa shape index (κ1) is 22.1. The highest BCUT2D eigenvalue weighted by Gasteiger charge is 2.35. The van der Waals surface area contributed by atoms with E-state index in [1.54, 1.807) is 18.1 Å². The molecule has 0 saturated heterocycles. The molecule has 2 amide bonds. The number of ether oxygens (including phenoxy) is 2. The largest absolute Gasteiger partial charge is 0.497 e. The van der Waals surface area contributed by atoms with Crippen molar-refractivity contribution in [2.75, 3.05) is 20.3 Å². The van der Waals surface area contributed by atoms with Crippen LogP contribution in [-0.2, 0) is 0 Å². The van der Waals surface area contributed by atoms with Gasteiger partial charge in [-0.25, -0.2) is 4.79 Å². The highest BCUT2D eigenvalue weighted by Crippen LogP contribution is 2.37. The smallest absolute Gasteiger partial charge is 0.322 e. The van der Waals surface area contributed by atoms with E-state index in [4.69, 9.17) is 14.0 Å². The van der Waals surface area contributed by atoms with Crippen LogP contribution in [0.3, 0.4) is 0 Å². The second-order valence-electron chi connectivity index (χ2n) is 7.44. The summed E-state index contributed by atoms with van der Waals surface area (Å²) >= 11 is 0. The van der Waals surface area contributed by atoms with E-state index in [1.807, 2.05) is 62.4 Å². The van der Waals surface area contributed by atoms with E-state index in [0.717, 1.165) is 28.1 Å². The van der Waals surface area contributed by atoms with Gasteiger partial charge < -0.3 is 19.3 Å².